The van der Waals surface area contributed by atoms with E-state index in [1.807, 2.05) is 11.4 Å². The van der Waals surface area contributed by atoms with E-state index in [0.29, 0.717) is 0 Å². The third-order valence-corrected chi connectivity index (χ3v) is 4.49. The lowest BCUT2D eigenvalue weighted by atomic mass is 10.3. The van der Waals surface area contributed by atoms with Crippen molar-refractivity contribution < 1.29 is 9.59 Å². The predicted molar refractivity (Wildman–Crippen MR) is 75.2 cm³/mol. The second-order valence-electron chi connectivity index (χ2n) is 3.67. The molecule has 0 bridgehead atoms. The number of rotatable bonds is 4. The number of carbonyl (C=O) groups is 2. The van der Waals surface area contributed by atoms with Crippen LogP contribution in [0, 0.1) is 0 Å². The number of hydrogen-bond donors (Lipinski definition) is 2. The minimum atomic E-state index is -0.845. The Morgan fingerprint density at radius 2 is 2.26 bits per heavy atom. The Balaban J connectivity index is 2.14. The third kappa shape index (κ3) is 3.42. The number of carbonyl (C=O) groups excluding carboxylic acids is 2. The molecule has 2 aromatic rings. The van der Waals surface area contributed by atoms with Crippen LogP contribution in [0.15, 0.2) is 17.4 Å². The van der Waals surface area contributed by atoms with Gasteiger partial charge >= 0.3 is 6.03 Å². The molecule has 0 fully saturated rings. The zero-order valence-corrected chi connectivity index (χ0v) is 11.8. The fourth-order valence-electron chi connectivity index (χ4n) is 1.48. The van der Waals surface area contributed by atoms with E-state index < -0.39 is 11.9 Å². The van der Waals surface area contributed by atoms with Gasteiger partial charge in [-0.2, -0.15) is 0 Å². The van der Waals surface area contributed by atoms with Gasteiger partial charge in [0, 0.05) is 10.3 Å². The maximum Gasteiger partial charge on any atom is 0.318 e. The summed E-state index contributed by atoms with van der Waals surface area (Å²) in [6.45, 7) is 2.07. The van der Waals surface area contributed by atoms with Crippen LogP contribution in [0.2, 0.25) is 0 Å². The molecule has 2 rings (SSSR count). The molecule has 2 heterocycles. The summed E-state index contributed by atoms with van der Waals surface area (Å²) in [6, 6.07) is 1.19. The standard InChI is InChI=1S/C11H12N4O2S2/c1-2-6-3-7-9(13-5-14-10(7)19-6)18-4-8(16)15-11(12)17/h3,5H,2,4H2,1H3,(H3,12,15,16,17). The van der Waals surface area contributed by atoms with Crippen molar-refractivity contribution >= 4 is 45.3 Å². The summed E-state index contributed by atoms with van der Waals surface area (Å²) >= 11 is 2.88. The topological polar surface area (TPSA) is 98.0 Å². The highest BCUT2D eigenvalue weighted by molar-refractivity contribution is 8.00. The Labute approximate surface area is 117 Å². The highest BCUT2D eigenvalue weighted by Crippen LogP contribution is 2.30. The lowest BCUT2D eigenvalue weighted by Gasteiger charge is -2.01. The lowest BCUT2D eigenvalue weighted by molar-refractivity contribution is -0.117. The van der Waals surface area contributed by atoms with Crippen LogP contribution >= 0.6 is 23.1 Å². The molecule has 19 heavy (non-hydrogen) atoms. The summed E-state index contributed by atoms with van der Waals surface area (Å²) in [5.41, 5.74) is 4.87. The first-order valence-corrected chi connectivity index (χ1v) is 7.36. The number of urea groups is 1. The molecule has 0 spiro atoms. The van der Waals surface area contributed by atoms with Crippen LogP contribution in [0.25, 0.3) is 10.2 Å². The molecule has 3 amide bonds. The first-order valence-electron chi connectivity index (χ1n) is 5.55. The van der Waals surface area contributed by atoms with Crippen molar-refractivity contribution in [1.82, 2.24) is 15.3 Å². The lowest BCUT2D eigenvalue weighted by Crippen LogP contribution is -2.36. The first kappa shape index (κ1) is 13.8. The molecule has 0 radical (unpaired) electrons. The van der Waals surface area contributed by atoms with Crippen LogP contribution in [0.3, 0.4) is 0 Å². The Bertz CT molecular complexity index is 626. The van der Waals surface area contributed by atoms with Crippen molar-refractivity contribution in [3.63, 3.8) is 0 Å². The smallest absolute Gasteiger partial charge is 0.318 e. The Morgan fingerprint density at radius 3 is 2.95 bits per heavy atom. The van der Waals surface area contributed by atoms with Crippen LogP contribution < -0.4 is 11.1 Å². The average Bonchev–Trinajstić information content (AvgIpc) is 2.78. The predicted octanol–water partition coefficient (Wildman–Crippen LogP) is 1.54. The van der Waals surface area contributed by atoms with E-state index in [1.54, 1.807) is 11.3 Å². The number of amides is 3. The summed E-state index contributed by atoms with van der Waals surface area (Å²) in [5, 5.41) is 3.70. The zero-order chi connectivity index (χ0) is 13.8. The SMILES string of the molecule is CCc1cc2c(SCC(=O)NC(N)=O)ncnc2s1. The van der Waals surface area contributed by atoms with Crippen molar-refractivity contribution in [2.75, 3.05) is 5.75 Å². The molecule has 6 nitrogen and oxygen atoms in total. The van der Waals surface area contributed by atoms with Gasteiger partial charge in [0.15, 0.2) is 0 Å². The molecule has 3 N–H and O–H groups in total. The summed E-state index contributed by atoms with van der Waals surface area (Å²) < 4.78 is 0. The quantitative estimate of drug-likeness (QED) is 0.659. The normalized spacial score (nSPS) is 10.6. The van der Waals surface area contributed by atoms with Crippen LogP contribution in [0.4, 0.5) is 4.79 Å². The molecule has 0 saturated carbocycles. The van der Waals surface area contributed by atoms with E-state index in [0.717, 1.165) is 21.7 Å². The van der Waals surface area contributed by atoms with E-state index in [4.69, 9.17) is 5.73 Å². The molecular weight excluding hydrogens is 284 g/mol. The number of thiophene rings is 1. The summed E-state index contributed by atoms with van der Waals surface area (Å²) in [4.78, 5) is 32.4. The Hall–Kier alpha value is -1.67. The minimum absolute atomic E-state index is 0.0896. The fraction of sp³-hybridized carbons (Fsp3) is 0.273. The van der Waals surface area contributed by atoms with E-state index >= 15 is 0 Å². The number of thioether (sulfide) groups is 1. The van der Waals surface area contributed by atoms with Crippen LogP contribution in [-0.2, 0) is 11.2 Å². The summed E-state index contributed by atoms with van der Waals surface area (Å²) in [7, 11) is 0. The van der Waals surface area contributed by atoms with Gasteiger partial charge in [-0.3, -0.25) is 10.1 Å². The summed E-state index contributed by atoms with van der Waals surface area (Å²) in [6.07, 6.45) is 2.42. The van der Waals surface area contributed by atoms with Crippen molar-refractivity contribution in [2.45, 2.75) is 18.4 Å². The molecule has 0 saturated heterocycles. The number of fused-ring (bicyclic) bond motifs is 1. The first-order chi connectivity index (χ1) is 9.10. The van der Waals surface area contributed by atoms with Gasteiger partial charge in [-0.05, 0) is 12.5 Å². The molecule has 0 aliphatic rings. The monoisotopic (exact) mass is 296 g/mol. The summed E-state index contributed by atoms with van der Waals surface area (Å²) in [5.74, 6) is -0.345. The van der Waals surface area contributed by atoms with Crippen molar-refractivity contribution in [3.05, 3.63) is 17.3 Å². The Kier molecular flexibility index (Phi) is 4.33. The molecule has 0 aromatic carbocycles. The zero-order valence-electron chi connectivity index (χ0n) is 10.2. The van der Waals surface area contributed by atoms with E-state index in [1.165, 1.54) is 23.0 Å². The van der Waals surface area contributed by atoms with Gasteiger partial charge in [0.2, 0.25) is 5.91 Å². The number of hydrogen-bond acceptors (Lipinski definition) is 6. The second kappa shape index (κ2) is 5.98. The molecule has 0 aliphatic heterocycles. The maximum absolute atomic E-state index is 11.4. The molecule has 0 unspecified atom stereocenters. The molecule has 8 heteroatoms. The van der Waals surface area contributed by atoms with E-state index in [2.05, 4.69) is 16.9 Å². The minimum Gasteiger partial charge on any atom is -0.351 e. The van der Waals surface area contributed by atoms with Gasteiger partial charge < -0.3 is 5.73 Å². The Morgan fingerprint density at radius 1 is 1.47 bits per heavy atom. The average molecular weight is 296 g/mol. The van der Waals surface area contributed by atoms with Gasteiger partial charge in [0.25, 0.3) is 0 Å². The van der Waals surface area contributed by atoms with Gasteiger partial charge in [-0.1, -0.05) is 18.7 Å². The second-order valence-corrected chi connectivity index (χ2v) is 5.74. The van der Waals surface area contributed by atoms with Gasteiger partial charge in [0.05, 0.1) is 5.75 Å². The fourth-order valence-corrected chi connectivity index (χ4v) is 3.25. The van der Waals surface area contributed by atoms with Crippen LogP contribution in [0.1, 0.15) is 11.8 Å². The van der Waals surface area contributed by atoms with Crippen LogP contribution in [0.5, 0.6) is 0 Å². The van der Waals surface area contributed by atoms with Gasteiger partial charge in [-0.25, -0.2) is 14.8 Å². The number of nitrogens with one attached hydrogen (secondary N) is 1. The van der Waals surface area contributed by atoms with Gasteiger partial charge in [0.1, 0.15) is 16.2 Å². The van der Waals surface area contributed by atoms with Gasteiger partial charge in [-0.15, -0.1) is 11.3 Å². The maximum atomic E-state index is 11.4. The number of primary amides is 1. The largest absolute Gasteiger partial charge is 0.351 e. The molecular formula is C11H12N4O2S2. The van der Waals surface area contributed by atoms with E-state index in [-0.39, 0.29) is 5.75 Å². The van der Waals surface area contributed by atoms with E-state index in [9.17, 15) is 9.59 Å². The highest BCUT2D eigenvalue weighted by atomic mass is 32.2. The van der Waals surface area contributed by atoms with Crippen molar-refractivity contribution in [1.29, 1.82) is 0 Å². The number of nitrogens with zero attached hydrogens (tertiary/aromatic N) is 2. The van der Waals surface area contributed by atoms with Crippen LogP contribution in [-0.4, -0.2) is 27.7 Å². The van der Waals surface area contributed by atoms with Crippen molar-refractivity contribution in [3.8, 4) is 0 Å². The van der Waals surface area contributed by atoms with Crippen molar-refractivity contribution in [2.24, 2.45) is 5.73 Å². The number of nitrogens with two attached hydrogens (primary N) is 1. The number of aryl methyl sites for hydroxylation is 1. The number of imide groups is 1. The molecule has 0 aliphatic carbocycles. The molecule has 2 aromatic heterocycles. The number of aromatic nitrogens is 2. The molecule has 0 atom stereocenters. The third-order valence-electron chi connectivity index (χ3n) is 2.29. The molecule has 100 valence electrons. The highest BCUT2D eigenvalue weighted by Gasteiger charge is 2.11.